The summed E-state index contributed by atoms with van der Waals surface area (Å²) in [5.74, 6) is 0.211. The van der Waals surface area contributed by atoms with Crippen LogP contribution in [0.25, 0.3) is 0 Å². The lowest BCUT2D eigenvalue weighted by molar-refractivity contribution is -0.119. The molecule has 0 unspecified atom stereocenters. The normalized spacial score (nSPS) is 20.4. The SMILES string of the molecule is O=C(CSc1nnnn1C1CCCC1)NC1CCN(CC(F)F)CC1. The number of aromatic nitrogens is 4. The van der Waals surface area contributed by atoms with Gasteiger partial charge in [-0.25, -0.2) is 13.5 Å². The van der Waals surface area contributed by atoms with Crippen molar-refractivity contribution in [3.05, 3.63) is 0 Å². The van der Waals surface area contributed by atoms with E-state index < -0.39 is 6.43 Å². The first kappa shape index (κ1) is 18.5. The second kappa shape index (κ2) is 8.88. The zero-order valence-electron chi connectivity index (χ0n) is 14.1. The van der Waals surface area contributed by atoms with E-state index in [0.29, 0.717) is 37.1 Å². The van der Waals surface area contributed by atoms with Crippen molar-refractivity contribution < 1.29 is 13.6 Å². The summed E-state index contributed by atoms with van der Waals surface area (Å²) in [6, 6.07) is 0.410. The third kappa shape index (κ3) is 5.34. The van der Waals surface area contributed by atoms with Gasteiger partial charge < -0.3 is 5.32 Å². The summed E-state index contributed by atoms with van der Waals surface area (Å²) in [5, 5.41) is 15.5. The van der Waals surface area contributed by atoms with Crippen molar-refractivity contribution in [2.24, 2.45) is 0 Å². The van der Waals surface area contributed by atoms with Crippen LogP contribution < -0.4 is 5.32 Å². The van der Waals surface area contributed by atoms with Gasteiger partial charge in [0.25, 0.3) is 6.43 Å². The highest BCUT2D eigenvalue weighted by Gasteiger charge is 2.24. The molecule has 2 fully saturated rings. The second-order valence-electron chi connectivity index (χ2n) is 6.67. The highest BCUT2D eigenvalue weighted by atomic mass is 32.2. The van der Waals surface area contributed by atoms with Crippen LogP contribution in [0.3, 0.4) is 0 Å². The minimum atomic E-state index is -2.30. The summed E-state index contributed by atoms with van der Waals surface area (Å²) < 4.78 is 26.6. The zero-order chi connectivity index (χ0) is 17.6. The summed E-state index contributed by atoms with van der Waals surface area (Å²) in [5.41, 5.74) is 0. The molecular formula is C15H24F2N6OS. The van der Waals surface area contributed by atoms with Crippen molar-refractivity contribution in [2.45, 2.75) is 62.2 Å². The lowest BCUT2D eigenvalue weighted by Crippen LogP contribution is -2.46. The van der Waals surface area contributed by atoms with E-state index in [0.717, 1.165) is 12.8 Å². The van der Waals surface area contributed by atoms with Gasteiger partial charge in [-0.15, -0.1) is 5.10 Å². The van der Waals surface area contributed by atoms with Crippen LogP contribution in [-0.2, 0) is 4.79 Å². The number of hydrogen-bond donors (Lipinski definition) is 1. The topological polar surface area (TPSA) is 75.9 Å². The largest absolute Gasteiger partial charge is 0.353 e. The number of likely N-dealkylation sites (tertiary alicyclic amines) is 1. The number of nitrogens with zero attached hydrogens (tertiary/aromatic N) is 5. The Bertz CT molecular complexity index is 558. The summed E-state index contributed by atoms with van der Waals surface area (Å²) in [4.78, 5) is 13.9. The minimum absolute atomic E-state index is 0.0571. The molecule has 1 aliphatic carbocycles. The lowest BCUT2D eigenvalue weighted by Gasteiger charge is -2.31. The van der Waals surface area contributed by atoms with Gasteiger partial charge in [0.1, 0.15) is 0 Å². The molecule has 7 nitrogen and oxygen atoms in total. The van der Waals surface area contributed by atoms with Crippen molar-refractivity contribution in [1.82, 2.24) is 30.4 Å². The number of piperidine rings is 1. The van der Waals surface area contributed by atoms with Crippen molar-refractivity contribution in [1.29, 1.82) is 0 Å². The zero-order valence-corrected chi connectivity index (χ0v) is 14.9. The van der Waals surface area contributed by atoms with Crippen LogP contribution in [0.5, 0.6) is 0 Å². The number of hydrogen-bond acceptors (Lipinski definition) is 6. The first-order chi connectivity index (χ1) is 12.1. The van der Waals surface area contributed by atoms with Gasteiger partial charge in [-0.1, -0.05) is 24.6 Å². The second-order valence-corrected chi connectivity index (χ2v) is 7.61. The van der Waals surface area contributed by atoms with E-state index in [9.17, 15) is 13.6 Å². The Morgan fingerprint density at radius 1 is 1.24 bits per heavy atom. The van der Waals surface area contributed by atoms with Gasteiger partial charge in [0.05, 0.1) is 18.3 Å². The van der Waals surface area contributed by atoms with Gasteiger partial charge in [-0.3, -0.25) is 9.69 Å². The highest BCUT2D eigenvalue weighted by Crippen LogP contribution is 2.31. The van der Waals surface area contributed by atoms with E-state index >= 15 is 0 Å². The first-order valence-electron chi connectivity index (χ1n) is 8.82. The molecule has 2 heterocycles. The molecule has 0 spiro atoms. The number of carbonyl (C=O) groups excluding carboxylic acids is 1. The van der Waals surface area contributed by atoms with Crippen LogP contribution in [0.4, 0.5) is 8.78 Å². The van der Waals surface area contributed by atoms with Crippen LogP contribution in [-0.4, -0.2) is 68.9 Å². The van der Waals surface area contributed by atoms with Crippen LogP contribution in [0, 0.1) is 0 Å². The predicted octanol–water partition coefficient (Wildman–Crippen LogP) is 1.73. The molecule has 25 heavy (non-hydrogen) atoms. The molecule has 0 radical (unpaired) electrons. The molecule has 140 valence electrons. The fraction of sp³-hybridized carbons (Fsp3) is 0.867. The van der Waals surface area contributed by atoms with Crippen LogP contribution >= 0.6 is 11.8 Å². The molecule has 0 atom stereocenters. The van der Waals surface area contributed by atoms with Crippen LogP contribution in [0.1, 0.15) is 44.6 Å². The Balaban J connectivity index is 1.40. The molecule has 1 saturated heterocycles. The van der Waals surface area contributed by atoms with Crippen molar-refractivity contribution >= 4 is 17.7 Å². The average molecular weight is 374 g/mol. The smallest absolute Gasteiger partial charge is 0.251 e. The van der Waals surface area contributed by atoms with Gasteiger partial charge in [0.15, 0.2) is 0 Å². The number of nitrogens with one attached hydrogen (secondary N) is 1. The lowest BCUT2D eigenvalue weighted by atomic mass is 10.1. The molecule has 1 amide bonds. The van der Waals surface area contributed by atoms with Gasteiger partial charge in [0, 0.05) is 19.1 Å². The fourth-order valence-electron chi connectivity index (χ4n) is 3.51. The number of carbonyl (C=O) groups is 1. The predicted molar refractivity (Wildman–Crippen MR) is 89.7 cm³/mol. The molecule has 3 rings (SSSR count). The fourth-order valence-corrected chi connectivity index (χ4v) is 4.27. The summed E-state index contributed by atoms with van der Waals surface area (Å²) >= 11 is 1.35. The molecule has 0 bridgehead atoms. The number of amides is 1. The molecule has 1 N–H and O–H groups in total. The Morgan fingerprint density at radius 3 is 2.64 bits per heavy atom. The van der Waals surface area contributed by atoms with Crippen LogP contribution in [0.2, 0.25) is 0 Å². The van der Waals surface area contributed by atoms with E-state index in [1.54, 1.807) is 4.90 Å². The summed E-state index contributed by atoms with van der Waals surface area (Å²) in [7, 11) is 0. The Kier molecular flexibility index (Phi) is 6.57. The number of thioether (sulfide) groups is 1. The Hall–Kier alpha value is -1.29. The van der Waals surface area contributed by atoms with Gasteiger partial charge in [-0.05, 0) is 36.1 Å². The molecule has 1 aromatic rings. The van der Waals surface area contributed by atoms with Gasteiger partial charge in [0.2, 0.25) is 11.1 Å². The maximum Gasteiger partial charge on any atom is 0.251 e. The Labute approximate surface area is 149 Å². The minimum Gasteiger partial charge on any atom is -0.353 e. The highest BCUT2D eigenvalue weighted by molar-refractivity contribution is 7.99. The number of halogens is 2. The van der Waals surface area contributed by atoms with E-state index in [4.69, 9.17) is 0 Å². The molecule has 2 aliphatic rings. The maximum absolute atomic E-state index is 12.4. The van der Waals surface area contributed by atoms with E-state index in [1.807, 2.05) is 4.68 Å². The number of rotatable bonds is 7. The molecule has 1 aromatic heterocycles. The molecule has 0 aromatic carbocycles. The first-order valence-corrected chi connectivity index (χ1v) is 9.81. The molecular weight excluding hydrogens is 350 g/mol. The average Bonchev–Trinajstić information content (AvgIpc) is 3.25. The molecule has 10 heteroatoms. The van der Waals surface area contributed by atoms with Crippen molar-refractivity contribution in [3.8, 4) is 0 Å². The van der Waals surface area contributed by atoms with Crippen LogP contribution in [0.15, 0.2) is 5.16 Å². The molecule has 1 aliphatic heterocycles. The standard InChI is InChI=1S/C15H24F2N6OS/c16-13(17)9-22-7-5-11(6-8-22)18-14(24)10-25-15-19-20-21-23(15)12-3-1-2-4-12/h11-13H,1-10H2,(H,18,24). The number of alkyl halides is 2. The van der Waals surface area contributed by atoms with E-state index in [2.05, 4.69) is 20.8 Å². The third-order valence-electron chi connectivity index (χ3n) is 4.81. The Morgan fingerprint density at radius 2 is 1.96 bits per heavy atom. The van der Waals surface area contributed by atoms with E-state index in [1.165, 1.54) is 24.6 Å². The van der Waals surface area contributed by atoms with Crippen molar-refractivity contribution in [3.63, 3.8) is 0 Å². The monoisotopic (exact) mass is 374 g/mol. The molecule has 1 saturated carbocycles. The van der Waals surface area contributed by atoms with Gasteiger partial charge >= 0.3 is 0 Å². The maximum atomic E-state index is 12.4. The van der Waals surface area contributed by atoms with Crippen molar-refractivity contribution in [2.75, 3.05) is 25.4 Å². The van der Waals surface area contributed by atoms with Gasteiger partial charge in [-0.2, -0.15) is 0 Å². The quantitative estimate of drug-likeness (QED) is 0.733. The number of tetrazole rings is 1. The summed E-state index contributed by atoms with van der Waals surface area (Å²) in [6.45, 7) is 1.02. The summed E-state index contributed by atoms with van der Waals surface area (Å²) in [6.07, 6.45) is 3.68. The third-order valence-corrected chi connectivity index (χ3v) is 5.75. The van der Waals surface area contributed by atoms with E-state index in [-0.39, 0.29) is 24.2 Å².